The number of halogens is 1. The van der Waals surface area contributed by atoms with Gasteiger partial charge in [-0.15, -0.1) is 0 Å². The van der Waals surface area contributed by atoms with Gasteiger partial charge in [-0.25, -0.2) is 9.78 Å². The average molecular weight is 269 g/mol. The standard InChI is InChI=1S/C13H17ClN2O2/c1-8-9-5-6-11(14)15-10(9)7-16(8)12(17)18-13(2,3)4/h5-6,8H,7H2,1-4H3. The van der Waals surface area contributed by atoms with E-state index in [9.17, 15) is 4.79 Å². The summed E-state index contributed by atoms with van der Waals surface area (Å²) in [6.45, 7) is 7.98. The van der Waals surface area contributed by atoms with Crippen LogP contribution in [0.5, 0.6) is 0 Å². The van der Waals surface area contributed by atoms with Crippen molar-refractivity contribution in [2.75, 3.05) is 0 Å². The lowest BCUT2D eigenvalue weighted by atomic mass is 10.1. The molecule has 0 aliphatic carbocycles. The summed E-state index contributed by atoms with van der Waals surface area (Å²) in [5, 5.41) is 0.451. The molecule has 1 aromatic rings. The summed E-state index contributed by atoms with van der Waals surface area (Å²) in [4.78, 5) is 18.0. The third kappa shape index (κ3) is 2.58. The van der Waals surface area contributed by atoms with Crippen LogP contribution in [0.2, 0.25) is 5.15 Å². The second-order valence-electron chi connectivity index (χ2n) is 5.45. The zero-order valence-corrected chi connectivity index (χ0v) is 11.8. The van der Waals surface area contributed by atoms with Gasteiger partial charge in [-0.1, -0.05) is 17.7 Å². The van der Waals surface area contributed by atoms with Crippen molar-refractivity contribution in [1.29, 1.82) is 0 Å². The maximum absolute atomic E-state index is 12.1. The molecule has 0 aromatic carbocycles. The lowest BCUT2D eigenvalue weighted by Crippen LogP contribution is -2.35. The number of nitrogens with zero attached hydrogens (tertiary/aromatic N) is 2. The summed E-state index contributed by atoms with van der Waals surface area (Å²) in [6.07, 6.45) is -0.316. The molecule has 0 radical (unpaired) electrons. The second kappa shape index (κ2) is 4.43. The molecule has 1 aliphatic heterocycles. The molecule has 1 aliphatic rings. The van der Waals surface area contributed by atoms with E-state index in [1.165, 1.54) is 0 Å². The van der Waals surface area contributed by atoms with E-state index in [2.05, 4.69) is 4.98 Å². The SMILES string of the molecule is CC1c2ccc(Cl)nc2CN1C(=O)OC(C)(C)C. The van der Waals surface area contributed by atoms with Gasteiger partial charge in [0.05, 0.1) is 18.3 Å². The smallest absolute Gasteiger partial charge is 0.411 e. The number of carbonyl (C=O) groups is 1. The molecule has 5 heteroatoms. The predicted octanol–water partition coefficient (Wildman–Crippen LogP) is 3.55. The van der Waals surface area contributed by atoms with E-state index >= 15 is 0 Å². The van der Waals surface area contributed by atoms with Gasteiger partial charge >= 0.3 is 6.09 Å². The molecule has 2 rings (SSSR count). The Hall–Kier alpha value is -1.29. The molecule has 1 unspecified atom stereocenters. The molecule has 0 saturated heterocycles. The summed E-state index contributed by atoms with van der Waals surface area (Å²) in [5.41, 5.74) is 1.39. The number of amides is 1. The molecule has 0 bridgehead atoms. The molecule has 0 N–H and O–H groups in total. The number of hydrogen-bond donors (Lipinski definition) is 0. The van der Waals surface area contributed by atoms with Crippen LogP contribution in [0.3, 0.4) is 0 Å². The van der Waals surface area contributed by atoms with Gasteiger partial charge in [-0.2, -0.15) is 0 Å². The number of ether oxygens (including phenoxy) is 1. The molecule has 2 heterocycles. The highest BCUT2D eigenvalue weighted by Gasteiger charge is 2.34. The van der Waals surface area contributed by atoms with Crippen molar-refractivity contribution in [2.24, 2.45) is 0 Å². The van der Waals surface area contributed by atoms with Gasteiger partial charge in [0.1, 0.15) is 10.8 Å². The van der Waals surface area contributed by atoms with Gasteiger partial charge in [0.25, 0.3) is 0 Å². The molecule has 1 atom stereocenters. The molecule has 0 spiro atoms. The fourth-order valence-corrected chi connectivity index (χ4v) is 2.17. The monoisotopic (exact) mass is 268 g/mol. The number of pyridine rings is 1. The van der Waals surface area contributed by atoms with E-state index in [0.717, 1.165) is 11.3 Å². The minimum atomic E-state index is -0.489. The highest BCUT2D eigenvalue weighted by atomic mass is 35.5. The maximum atomic E-state index is 12.1. The Labute approximate surface area is 112 Å². The third-order valence-corrected chi connectivity index (χ3v) is 3.05. The van der Waals surface area contributed by atoms with E-state index in [1.54, 1.807) is 11.0 Å². The number of rotatable bonds is 0. The Morgan fingerprint density at radius 3 is 2.78 bits per heavy atom. The molecule has 0 fully saturated rings. The topological polar surface area (TPSA) is 42.4 Å². The van der Waals surface area contributed by atoms with Crippen LogP contribution in [0.15, 0.2) is 12.1 Å². The normalized spacial score (nSPS) is 18.7. The van der Waals surface area contributed by atoms with Crippen LogP contribution >= 0.6 is 11.6 Å². The van der Waals surface area contributed by atoms with Crippen molar-refractivity contribution in [2.45, 2.75) is 45.9 Å². The Kier molecular flexibility index (Phi) is 3.23. The van der Waals surface area contributed by atoms with Gasteiger partial charge in [0, 0.05) is 0 Å². The molecule has 0 saturated carbocycles. The maximum Gasteiger partial charge on any atom is 0.411 e. The van der Waals surface area contributed by atoms with Gasteiger partial charge < -0.3 is 4.74 Å². The first kappa shape index (κ1) is 13.1. The van der Waals surface area contributed by atoms with E-state index in [0.29, 0.717) is 11.7 Å². The summed E-state index contributed by atoms with van der Waals surface area (Å²) in [5.74, 6) is 0. The Balaban J connectivity index is 2.18. The summed E-state index contributed by atoms with van der Waals surface area (Å²) < 4.78 is 5.38. The van der Waals surface area contributed by atoms with Crippen molar-refractivity contribution in [3.8, 4) is 0 Å². The first-order valence-electron chi connectivity index (χ1n) is 5.93. The van der Waals surface area contributed by atoms with Crippen molar-refractivity contribution in [1.82, 2.24) is 9.88 Å². The number of aromatic nitrogens is 1. The number of carbonyl (C=O) groups excluding carboxylic acids is 1. The summed E-state index contributed by atoms with van der Waals surface area (Å²) in [7, 11) is 0. The fourth-order valence-electron chi connectivity index (χ4n) is 2.00. The van der Waals surface area contributed by atoms with Gasteiger partial charge in [-0.05, 0) is 39.3 Å². The first-order valence-corrected chi connectivity index (χ1v) is 6.30. The molecular weight excluding hydrogens is 252 g/mol. The van der Waals surface area contributed by atoms with E-state index in [4.69, 9.17) is 16.3 Å². The van der Waals surface area contributed by atoms with Crippen LogP contribution in [0.25, 0.3) is 0 Å². The molecule has 18 heavy (non-hydrogen) atoms. The van der Waals surface area contributed by atoms with Crippen LogP contribution < -0.4 is 0 Å². The highest BCUT2D eigenvalue weighted by Crippen LogP contribution is 2.33. The Bertz CT molecular complexity index is 482. The Morgan fingerprint density at radius 1 is 1.50 bits per heavy atom. The lowest BCUT2D eigenvalue weighted by Gasteiger charge is -2.26. The highest BCUT2D eigenvalue weighted by molar-refractivity contribution is 6.29. The van der Waals surface area contributed by atoms with E-state index in [1.807, 2.05) is 33.8 Å². The van der Waals surface area contributed by atoms with Crippen molar-refractivity contribution in [3.63, 3.8) is 0 Å². The Morgan fingerprint density at radius 2 is 2.17 bits per heavy atom. The predicted molar refractivity (Wildman–Crippen MR) is 69.4 cm³/mol. The van der Waals surface area contributed by atoms with Crippen LogP contribution in [-0.4, -0.2) is 21.6 Å². The van der Waals surface area contributed by atoms with E-state index < -0.39 is 5.60 Å². The minimum Gasteiger partial charge on any atom is -0.444 e. The fraction of sp³-hybridized carbons (Fsp3) is 0.538. The third-order valence-electron chi connectivity index (χ3n) is 2.84. The van der Waals surface area contributed by atoms with E-state index in [-0.39, 0.29) is 12.1 Å². The lowest BCUT2D eigenvalue weighted by molar-refractivity contribution is 0.0186. The largest absolute Gasteiger partial charge is 0.444 e. The van der Waals surface area contributed by atoms with Crippen LogP contribution in [-0.2, 0) is 11.3 Å². The van der Waals surface area contributed by atoms with Gasteiger partial charge in [-0.3, -0.25) is 4.90 Å². The quantitative estimate of drug-likeness (QED) is 0.676. The molecule has 98 valence electrons. The zero-order valence-electron chi connectivity index (χ0n) is 11.0. The number of fused-ring (bicyclic) bond motifs is 1. The zero-order chi connectivity index (χ0) is 13.5. The van der Waals surface area contributed by atoms with Crippen LogP contribution in [0, 0.1) is 0 Å². The van der Waals surface area contributed by atoms with Crippen molar-refractivity contribution < 1.29 is 9.53 Å². The second-order valence-corrected chi connectivity index (χ2v) is 5.84. The van der Waals surface area contributed by atoms with Crippen LogP contribution in [0.4, 0.5) is 4.79 Å². The molecule has 1 amide bonds. The number of hydrogen-bond acceptors (Lipinski definition) is 3. The minimum absolute atomic E-state index is 0.0281. The summed E-state index contributed by atoms with van der Waals surface area (Å²) in [6, 6.07) is 3.63. The van der Waals surface area contributed by atoms with Crippen LogP contribution in [0.1, 0.15) is 45.0 Å². The molecule has 4 nitrogen and oxygen atoms in total. The van der Waals surface area contributed by atoms with Crippen molar-refractivity contribution >= 4 is 17.7 Å². The average Bonchev–Trinajstić information content (AvgIpc) is 2.53. The molecule has 1 aromatic heterocycles. The van der Waals surface area contributed by atoms with Gasteiger partial charge in [0.15, 0.2) is 0 Å². The first-order chi connectivity index (χ1) is 8.28. The summed E-state index contributed by atoms with van der Waals surface area (Å²) >= 11 is 5.86. The molecular formula is C13H17ClN2O2. The van der Waals surface area contributed by atoms with Gasteiger partial charge in [0.2, 0.25) is 0 Å². The van der Waals surface area contributed by atoms with Crippen molar-refractivity contribution in [3.05, 3.63) is 28.5 Å².